The lowest BCUT2D eigenvalue weighted by molar-refractivity contribution is -0.117. The highest BCUT2D eigenvalue weighted by Gasteiger charge is 2.24. The van der Waals surface area contributed by atoms with E-state index in [1.165, 1.54) is 6.07 Å². The molecule has 1 saturated heterocycles. The Kier molecular flexibility index (Phi) is 4.98. The van der Waals surface area contributed by atoms with Gasteiger partial charge in [-0.1, -0.05) is 0 Å². The Balaban J connectivity index is 1.42. The molecule has 0 spiro atoms. The molecule has 0 bridgehead atoms. The minimum Gasteiger partial charge on any atom is -0.360 e. The van der Waals surface area contributed by atoms with Crippen LogP contribution in [0.2, 0.25) is 0 Å². The Hall–Kier alpha value is -2.96. The van der Waals surface area contributed by atoms with E-state index in [1.807, 2.05) is 0 Å². The maximum Gasteiger partial charge on any atom is 0.243 e. The van der Waals surface area contributed by atoms with Crippen molar-refractivity contribution in [1.82, 2.24) is 0 Å². The predicted octanol–water partition coefficient (Wildman–Crippen LogP) is 3.48. The van der Waals surface area contributed by atoms with Gasteiger partial charge >= 0.3 is 0 Å². The van der Waals surface area contributed by atoms with Crippen molar-refractivity contribution in [2.24, 2.45) is 0 Å². The van der Waals surface area contributed by atoms with Gasteiger partial charge in [0.15, 0.2) is 0 Å². The SMILES string of the molecule is O=C(CN1CCCc2cc(F)cc(F)c21)Nc1ccc(N2CCCC2=O)cc1. The number of fused-ring (bicyclic) bond motifs is 1. The number of amides is 2. The fraction of sp³-hybridized carbons (Fsp3) is 0.333. The average molecular weight is 385 g/mol. The molecule has 146 valence electrons. The van der Waals surface area contributed by atoms with Crippen molar-refractivity contribution in [1.29, 1.82) is 0 Å². The first-order valence-corrected chi connectivity index (χ1v) is 9.44. The largest absolute Gasteiger partial charge is 0.360 e. The highest BCUT2D eigenvalue weighted by Crippen LogP contribution is 2.31. The number of carbonyl (C=O) groups is 2. The number of rotatable bonds is 4. The average Bonchev–Trinajstić information content (AvgIpc) is 3.08. The molecule has 2 aromatic carbocycles. The van der Waals surface area contributed by atoms with E-state index in [-0.39, 0.29) is 18.4 Å². The Morgan fingerprint density at radius 2 is 1.79 bits per heavy atom. The van der Waals surface area contributed by atoms with Crippen molar-refractivity contribution in [2.75, 3.05) is 34.8 Å². The number of nitrogens with zero attached hydrogens (tertiary/aromatic N) is 2. The molecule has 0 atom stereocenters. The van der Waals surface area contributed by atoms with Gasteiger partial charge in [0.1, 0.15) is 11.6 Å². The number of nitrogens with one attached hydrogen (secondary N) is 1. The monoisotopic (exact) mass is 385 g/mol. The minimum atomic E-state index is -0.637. The van der Waals surface area contributed by atoms with Gasteiger partial charge < -0.3 is 15.1 Å². The summed E-state index contributed by atoms with van der Waals surface area (Å²) in [7, 11) is 0. The molecule has 0 unspecified atom stereocenters. The molecule has 2 amide bonds. The molecule has 2 aliphatic rings. The van der Waals surface area contributed by atoms with Crippen molar-refractivity contribution in [3.8, 4) is 0 Å². The first kappa shape index (κ1) is 18.4. The van der Waals surface area contributed by atoms with Crippen LogP contribution in [0.5, 0.6) is 0 Å². The molecule has 4 rings (SSSR count). The van der Waals surface area contributed by atoms with Crippen LogP contribution < -0.4 is 15.1 Å². The highest BCUT2D eigenvalue weighted by atomic mass is 19.1. The maximum absolute atomic E-state index is 14.2. The summed E-state index contributed by atoms with van der Waals surface area (Å²) in [5.41, 5.74) is 2.33. The van der Waals surface area contributed by atoms with E-state index < -0.39 is 11.6 Å². The molecule has 1 N–H and O–H groups in total. The minimum absolute atomic E-state index is 0.0120. The quantitative estimate of drug-likeness (QED) is 0.877. The van der Waals surface area contributed by atoms with E-state index in [9.17, 15) is 18.4 Å². The van der Waals surface area contributed by atoms with Crippen molar-refractivity contribution in [3.63, 3.8) is 0 Å². The van der Waals surface area contributed by atoms with Crippen molar-refractivity contribution in [3.05, 3.63) is 53.6 Å². The lowest BCUT2D eigenvalue weighted by atomic mass is 10.0. The van der Waals surface area contributed by atoms with Crippen LogP contribution in [-0.2, 0) is 16.0 Å². The number of halogens is 2. The Morgan fingerprint density at radius 3 is 2.50 bits per heavy atom. The van der Waals surface area contributed by atoms with Crippen LogP contribution in [0.25, 0.3) is 0 Å². The zero-order valence-corrected chi connectivity index (χ0v) is 15.4. The van der Waals surface area contributed by atoms with Crippen LogP contribution >= 0.6 is 0 Å². The van der Waals surface area contributed by atoms with Gasteiger partial charge in [-0.2, -0.15) is 0 Å². The number of aryl methyl sites for hydroxylation is 1. The van der Waals surface area contributed by atoms with Gasteiger partial charge in [-0.05, 0) is 55.2 Å². The Bertz CT molecular complexity index is 915. The molecule has 2 aromatic rings. The zero-order valence-electron chi connectivity index (χ0n) is 15.4. The van der Waals surface area contributed by atoms with Gasteiger partial charge in [-0.15, -0.1) is 0 Å². The summed E-state index contributed by atoms with van der Waals surface area (Å²) in [6, 6.07) is 9.29. The second-order valence-electron chi connectivity index (χ2n) is 7.16. The van der Waals surface area contributed by atoms with Crippen LogP contribution in [0, 0.1) is 11.6 Å². The summed E-state index contributed by atoms with van der Waals surface area (Å²) in [4.78, 5) is 27.6. The van der Waals surface area contributed by atoms with Gasteiger partial charge in [0.05, 0.1) is 12.2 Å². The highest BCUT2D eigenvalue weighted by molar-refractivity contribution is 5.97. The molecule has 7 heteroatoms. The molecule has 1 fully saturated rings. The molecular weight excluding hydrogens is 364 g/mol. The van der Waals surface area contributed by atoms with Gasteiger partial charge in [-0.3, -0.25) is 9.59 Å². The molecule has 0 aliphatic carbocycles. The number of hydrogen-bond acceptors (Lipinski definition) is 3. The van der Waals surface area contributed by atoms with Gasteiger partial charge in [0.25, 0.3) is 0 Å². The Labute approximate surface area is 161 Å². The van der Waals surface area contributed by atoms with E-state index in [2.05, 4.69) is 5.32 Å². The Morgan fingerprint density at radius 1 is 1.04 bits per heavy atom. The second kappa shape index (κ2) is 7.58. The topological polar surface area (TPSA) is 52.7 Å². The van der Waals surface area contributed by atoms with Gasteiger partial charge in [-0.25, -0.2) is 8.78 Å². The van der Waals surface area contributed by atoms with Gasteiger partial charge in [0, 0.05) is 37.0 Å². The summed E-state index contributed by atoms with van der Waals surface area (Å²) in [6.45, 7) is 1.24. The summed E-state index contributed by atoms with van der Waals surface area (Å²) in [5, 5.41) is 2.80. The third-order valence-corrected chi connectivity index (χ3v) is 5.17. The van der Waals surface area contributed by atoms with Crippen LogP contribution in [0.4, 0.5) is 25.8 Å². The summed E-state index contributed by atoms with van der Waals surface area (Å²) in [5.74, 6) is -1.40. The number of carbonyl (C=O) groups excluding carboxylic acids is 2. The van der Waals surface area contributed by atoms with Crippen LogP contribution in [-0.4, -0.2) is 31.4 Å². The van der Waals surface area contributed by atoms with E-state index in [0.29, 0.717) is 42.9 Å². The lowest BCUT2D eigenvalue weighted by Gasteiger charge is -2.31. The van der Waals surface area contributed by atoms with E-state index in [0.717, 1.165) is 24.6 Å². The third kappa shape index (κ3) is 3.69. The summed E-state index contributed by atoms with van der Waals surface area (Å²) in [6.07, 6.45) is 2.76. The molecule has 5 nitrogen and oxygen atoms in total. The number of hydrogen-bond donors (Lipinski definition) is 1. The lowest BCUT2D eigenvalue weighted by Crippen LogP contribution is -2.37. The summed E-state index contributed by atoms with van der Waals surface area (Å²) < 4.78 is 27.7. The molecule has 0 saturated carbocycles. The van der Waals surface area contributed by atoms with Crippen LogP contribution in [0.1, 0.15) is 24.8 Å². The third-order valence-electron chi connectivity index (χ3n) is 5.17. The number of benzene rings is 2. The van der Waals surface area contributed by atoms with Gasteiger partial charge in [0.2, 0.25) is 11.8 Å². The second-order valence-corrected chi connectivity index (χ2v) is 7.16. The molecule has 28 heavy (non-hydrogen) atoms. The predicted molar refractivity (Wildman–Crippen MR) is 104 cm³/mol. The first-order chi connectivity index (χ1) is 13.5. The molecule has 0 aromatic heterocycles. The fourth-order valence-corrected chi connectivity index (χ4v) is 3.91. The normalized spacial score (nSPS) is 16.3. The van der Waals surface area contributed by atoms with Crippen molar-refractivity contribution >= 4 is 28.9 Å². The van der Waals surface area contributed by atoms with E-state index in [4.69, 9.17) is 0 Å². The van der Waals surface area contributed by atoms with E-state index in [1.54, 1.807) is 34.1 Å². The van der Waals surface area contributed by atoms with Crippen molar-refractivity contribution < 1.29 is 18.4 Å². The smallest absolute Gasteiger partial charge is 0.243 e. The molecular formula is C21H21F2N3O2. The standard InChI is InChI=1S/C21H21F2N3O2/c22-15-11-14-3-1-9-25(21(14)18(23)12-15)13-19(27)24-16-5-7-17(8-6-16)26-10-2-4-20(26)28/h5-8,11-12H,1-4,9-10,13H2,(H,24,27). The van der Waals surface area contributed by atoms with Crippen molar-refractivity contribution in [2.45, 2.75) is 25.7 Å². The van der Waals surface area contributed by atoms with Crippen LogP contribution in [0.3, 0.4) is 0 Å². The molecule has 2 heterocycles. The maximum atomic E-state index is 14.2. The number of anilines is 3. The first-order valence-electron chi connectivity index (χ1n) is 9.44. The fourth-order valence-electron chi connectivity index (χ4n) is 3.91. The zero-order chi connectivity index (χ0) is 19.7. The molecule has 0 radical (unpaired) electrons. The van der Waals surface area contributed by atoms with E-state index >= 15 is 0 Å². The summed E-state index contributed by atoms with van der Waals surface area (Å²) >= 11 is 0. The van der Waals surface area contributed by atoms with Crippen LogP contribution in [0.15, 0.2) is 36.4 Å². The molecule has 2 aliphatic heterocycles.